The van der Waals surface area contributed by atoms with Gasteiger partial charge in [-0.2, -0.15) is 0 Å². The van der Waals surface area contributed by atoms with E-state index in [1.54, 1.807) is 40.8 Å². The lowest BCUT2D eigenvalue weighted by molar-refractivity contribution is 0.0224. The number of carboxylic acids is 1. The molecular formula is C24H26FN3O4. The number of carbonyl (C=O) groups is 2. The van der Waals surface area contributed by atoms with Crippen molar-refractivity contribution < 1.29 is 23.8 Å². The van der Waals surface area contributed by atoms with E-state index in [2.05, 4.69) is 4.98 Å². The molecule has 0 spiro atoms. The van der Waals surface area contributed by atoms with Gasteiger partial charge in [0, 0.05) is 13.6 Å². The highest BCUT2D eigenvalue weighted by Crippen LogP contribution is 2.36. The molecule has 4 rings (SSSR count). The first kappa shape index (κ1) is 21.8. The number of hydrogen-bond donors (Lipinski definition) is 1. The van der Waals surface area contributed by atoms with Gasteiger partial charge in [-0.1, -0.05) is 12.1 Å². The number of aromatic nitrogens is 2. The minimum atomic E-state index is -1.08. The van der Waals surface area contributed by atoms with Crippen LogP contribution in [0, 0.1) is 5.82 Å². The Hall–Kier alpha value is -3.42. The number of hydrogen-bond acceptors (Lipinski definition) is 4. The molecule has 1 fully saturated rings. The number of carboxylic acid groups (broad SMARTS) is 1. The van der Waals surface area contributed by atoms with E-state index in [4.69, 9.17) is 4.74 Å². The Morgan fingerprint density at radius 3 is 2.62 bits per heavy atom. The number of likely N-dealkylation sites (tertiary alicyclic amines) is 1. The largest absolute Gasteiger partial charge is 0.478 e. The summed E-state index contributed by atoms with van der Waals surface area (Å²) in [5, 5.41) is 9.44. The molecule has 3 aromatic rings. The number of rotatable bonds is 3. The van der Waals surface area contributed by atoms with Gasteiger partial charge in [0.25, 0.3) is 0 Å². The van der Waals surface area contributed by atoms with Crippen molar-refractivity contribution in [3.05, 3.63) is 53.3 Å². The highest BCUT2D eigenvalue weighted by molar-refractivity contribution is 6.01. The molecule has 2 aromatic carbocycles. The van der Waals surface area contributed by atoms with Crippen LogP contribution in [0.1, 0.15) is 55.6 Å². The highest BCUT2D eigenvalue weighted by atomic mass is 19.1. The second-order valence-corrected chi connectivity index (χ2v) is 9.04. The number of halogens is 1. The summed E-state index contributed by atoms with van der Waals surface area (Å²) in [6.07, 6.45) is 1.14. The number of imidazole rings is 1. The van der Waals surface area contributed by atoms with Crippen molar-refractivity contribution in [1.29, 1.82) is 0 Å². The lowest BCUT2D eigenvalue weighted by Gasteiger charge is -2.29. The first-order valence-electron chi connectivity index (χ1n) is 10.5. The van der Waals surface area contributed by atoms with Gasteiger partial charge in [0.2, 0.25) is 0 Å². The summed E-state index contributed by atoms with van der Waals surface area (Å²) in [6.45, 7) is 6.01. The Kier molecular flexibility index (Phi) is 5.40. The fourth-order valence-electron chi connectivity index (χ4n) is 4.20. The van der Waals surface area contributed by atoms with Crippen LogP contribution in [0.5, 0.6) is 0 Å². The molecule has 0 radical (unpaired) electrons. The maximum Gasteiger partial charge on any atom is 0.410 e. The second kappa shape index (κ2) is 7.93. The predicted octanol–water partition coefficient (Wildman–Crippen LogP) is 5.15. The molecule has 0 aliphatic carbocycles. The fourth-order valence-corrected chi connectivity index (χ4v) is 4.20. The normalized spacial score (nSPS) is 16.5. The van der Waals surface area contributed by atoms with Crippen LogP contribution in [0.4, 0.5) is 9.18 Å². The van der Waals surface area contributed by atoms with E-state index in [9.17, 15) is 14.7 Å². The molecule has 7 nitrogen and oxygen atoms in total. The number of para-hydroxylation sites is 1. The molecule has 8 heteroatoms. The molecule has 32 heavy (non-hydrogen) atoms. The molecule has 1 aliphatic heterocycles. The van der Waals surface area contributed by atoms with E-state index < -0.39 is 23.5 Å². The SMILES string of the molecule is Cn1c(-c2ccc(C3CCCN3C(=O)OC(C)(C)C)cc2F)nc2c(C(=O)O)cccc21. The monoisotopic (exact) mass is 439 g/mol. The Balaban J connectivity index is 1.69. The third kappa shape index (κ3) is 3.92. The zero-order chi connectivity index (χ0) is 23.2. The van der Waals surface area contributed by atoms with Crippen LogP contribution in [-0.2, 0) is 11.8 Å². The number of amides is 1. The van der Waals surface area contributed by atoms with Crippen LogP contribution in [0.25, 0.3) is 22.4 Å². The number of aryl methyl sites for hydroxylation is 1. The summed E-state index contributed by atoms with van der Waals surface area (Å²) in [4.78, 5) is 30.2. The van der Waals surface area contributed by atoms with E-state index in [1.807, 2.05) is 20.8 Å². The Morgan fingerprint density at radius 2 is 1.97 bits per heavy atom. The molecule has 2 heterocycles. The molecule has 1 amide bonds. The maximum absolute atomic E-state index is 15.3. The van der Waals surface area contributed by atoms with Crippen LogP contribution in [0.15, 0.2) is 36.4 Å². The van der Waals surface area contributed by atoms with Gasteiger partial charge in [-0.15, -0.1) is 0 Å². The molecule has 168 valence electrons. The first-order valence-corrected chi connectivity index (χ1v) is 10.5. The van der Waals surface area contributed by atoms with Gasteiger partial charge >= 0.3 is 12.1 Å². The molecule has 1 unspecified atom stereocenters. The Labute approximate surface area is 185 Å². The number of nitrogens with zero attached hydrogens (tertiary/aromatic N) is 3. The number of fused-ring (bicyclic) bond motifs is 1. The number of carbonyl (C=O) groups excluding carboxylic acids is 1. The second-order valence-electron chi connectivity index (χ2n) is 9.04. The summed E-state index contributed by atoms with van der Waals surface area (Å²) < 4.78 is 22.4. The number of benzene rings is 2. The van der Waals surface area contributed by atoms with Crippen molar-refractivity contribution in [2.24, 2.45) is 7.05 Å². The van der Waals surface area contributed by atoms with E-state index in [0.29, 0.717) is 29.0 Å². The molecular weight excluding hydrogens is 413 g/mol. The first-order chi connectivity index (χ1) is 15.1. The number of ether oxygens (including phenoxy) is 1. The van der Waals surface area contributed by atoms with Gasteiger partial charge < -0.3 is 19.3 Å². The van der Waals surface area contributed by atoms with Crippen LogP contribution in [0.3, 0.4) is 0 Å². The fraction of sp³-hybridized carbons (Fsp3) is 0.375. The Bertz CT molecular complexity index is 1210. The minimum Gasteiger partial charge on any atom is -0.478 e. The molecule has 1 atom stereocenters. The molecule has 0 bridgehead atoms. The third-order valence-electron chi connectivity index (χ3n) is 5.64. The zero-order valence-corrected chi connectivity index (χ0v) is 18.6. The van der Waals surface area contributed by atoms with Crippen molar-refractivity contribution in [2.75, 3.05) is 6.54 Å². The lowest BCUT2D eigenvalue weighted by Crippen LogP contribution is -2.36. The molecule has 1 N–H and O–H groups in total. The van der Waals surface area contributed by atoms with Gasteiger partial charge in [0.15, 0.2) is 0 Å². The molecule has 1 aromatic heterocycles. The van der Waals surface area contributed by atoms with Crippen LogP contribution in [0.2, 0.25) is 0 Å². The third-order valence-corrected chi connectivity index (χ3v) is 5.64. The van der Waals surface area contributed by atoms with Crippen molar-refractivity contribution in [2.45, 2.75) is 45.3 Å². The summed E-state index contributed by atoms with van der Waals surface area (Å²) in [5.74, 6) is -1.22. The van der Waals surface area contributed by atoms with Crippen LogP contribution in [-0.4, -0.2) is 43.8 Å². The van der Waals surface area contributed by atoms with Gasteiger partial charge in [-0.3, -0.25) is 0 Å². The van der Waals surface area contributed by atoms with Crippen molar-refractivity contribution in [3.63, 3.8) is 0 Å². The van der Waals surface area contributed by atoms with Gasteiger partial charge in [-0.25, -0.2) is 19.0 Å². The van der Waals surface area contributed by atoms with Crippen molar-refractivity contribution >= 4 is 23.1 Å². The lowest BCUT2D eigenvalue weighted by atomic mass is 10.0. The van der Waals surface area contributed by atoms with Gasteiger partial charge in [0.1, 0.15) is 22.8 Å². The average Bonchev–Trinajstić information content (AvgIpc) is 3.32. The zero-order valence-electron chi connectivity index (χ0n) is 18.6. The maximum atomic E-state index is 15.3. The van der Waals surface area contributed by atoms with E-state index >= 15 is 4.39 Å². The van der Waals surface area contributed by atoms with Gasteiger partial charge in [0.05, 0.1) is 22.7 Å². The standard InChI is InChI=1S/C24H26FN3O4/c1-24(2,3)32-23(31)28-12-6-9-18(28)14-10-11-15(17(25)13-14)21-26-20-16(22(29)30)7-5-8-19(20)27(21)4/h5,7-8,10-11,13,18H,6,9,12H2,1-4H3,(H,29,30). The van der Waals surface area contributed by atoms with Crippen LogP contribution < -0.4 is 0 Å². The summed E-state index contributed by atoms with van der Waals surface area (Å²) in [6, 6.07) is 9.48. The quantitative estimate of drug-likeness (QED) is 0.610. The van der Waals surface area contributed by atoms with E-state index in [-0.39, 0.29) is 17.2 Å². The molecule has 0 saturated carbocycles. The minimum absolute atomic E-state index is 0.0698. The smallest absolute Gasteiger partial charge is 0.410 e. The van der Waals surface area contributed by atoms with Gasteiger partial charge in [-0.05, 0) is 63.4 Å². The predicted molar refractivity (Wildman–Crippen MR) is 118 cm³/mol. The van der Waals surface area contributed by atoms with E-state index in [1.165, 1.54) is 12.1 Å². The van der Waals surface area contributed by atoms with Crippen molar-refractivity contribution in [1.82, 2.24) is 14.5 Å². The van der Waals surface area contributed by atoms with E-state index in [0.717, 1.165) is 12.8 Å². The van der Waals surface area contributed by atoms with Crippen molar-refractivity contribution in [3.8, 4) is 11.4 Å². The number of aromatic carboxylic acids is 1. The molecule has 1 saturated heterocycles. The Morgan fingerprint density at radius 1 is 1.22 bits per heavy atom. The summed E-state index contributed by atoms with van der Waals surface area (Å²) in [7, 11) is 1.73. The summed E-state index contributed by atoms with van der Waals surface area (Å²) in [5.41, 5.74) is 1.35. The topological polar surface area (TPSA) is 84.7 Å². The highest BCUT2D eigenvalue weighted by Gasteiger charge is 2.33. The molecule has 1 aliphatic rings. The summed E-state index contributed by atoms with van der Waals surface area (Å²) >= 11 is 0. The van der Waals surface area contributed by atoms with Crippen LogP contribution >= 0.6 is 0 Å². The average molecular weight is 439 g/mol.